The highest BCUT2D eigenvalue weighted by Crippen LogP contribution is 2.22. The number of anilines is 1. The van der Waals surface area contributed by atoms with Crippen LogP contribution in [0.4, 0.5) is 5.69 Å². The normalized spacial score (nSPS) is 10.7. The van der Waals surface area contributed by atoms with Gasteiger partial charge >= 0.3 is 0 Å². The zero-order valence-corrected chi connectivity index (χ0v) is 12.2. The fourth-order valence-electron chi connectivity index (χ4n) is 1.97. The standard InChI is InChI=1S/C15H25NO2/c1-12-10-15(11-13(2)14(12)3)16(6-8-17-4)7-9-18-5/h10-11H,6-9H2,1-5H3. The van der Waals surface area contributed by atoms with Crippen molar-refractivity contribution in [2.45, 2.75) is 20.8 Å². The van der Waals surface area contributed by atoms with Crippen molar-refractivity contribution in [1.82, 2.24) is 0 Å². The van der Waals surface area contributed by atoms with Crippen molar-refractivity contribution < 1.29 is 9.47 Å². The molecule has 0 aliphatic heterocycles. The molecule has 0 aliphatic rings. The van der Waals surface area contributed by atoms with Crippen molar-refractivity contribution in [3.63, 3.8) is 0 Å². The number of hydrogen-bond donors (Lipinski definition) is 0. The van der Waals surface area contributed by atoms with Gasteiger partial charge in [0, 0.05) is 33.0 Å². The van der Waals surface area contributed by atoms with Gasteiger partial charge in [-0.25, -0.2) is 0 Å². The van der Waals surface area contributed by atoms with E-state index in [2.05, 4.69) is 37.8 Å². The van der Waals surface area contributed by atoms with Gasteiger partial charge in [0.05, 0.1) is 13.2 Å². The third-order valence-electron chi connectivity index (χ3n) is 3.41. The Labute approximate surface area is 111 Å². The minimum Gasteiger partial charge on any atom is -0.383 e. The van der Waals surface area contributed by atoms with Gasteiger partial charge in [-0.2, -0.15) is 0 Å². The van der Waals surface area contributed by atoms with Gasteiger partial charge in [-0.15, -0.1) is 0 Å². The Morgan fingerprint density at radius 3 is 1.72 bits per heavy atom. The second kappa shape index (κ2) is 7.39. The van der Waals surface area contributed by atoms with Crippen LogP contribution in [0.2, 0.25) is 0 Å². The van der Waals surface area contributed by atoms with E-state index in [-0.39, 0.29) is 0 Å². The van der Waals surface area contributed by atoms with Crippen LogP contribution in [0.3, 0.4) is 0 Å². The van der Waals surface area contributed by atoms with E-state index in [0.717, 1.165) is 26.3 Å². The van der Waals surface area contributed by atoms with Gasteiger partial charge in [0.15, 0.2) is 0 Å². The van der Waals surface area contributed by atoms with Crippen molar-refractivity contribution in [2.24, 2.45) is 0 Å². The van der Waals surface area contributed by atoms with Gasteiger partial charge in [0.2, 0.25) is 0 Å². The number of ether oxygens (including phenoxy) is 2. The molecule has 0 amide bonds. The molecule has 3 heteroatoms. The molecule has 0 radical (unpaired) electrons. The summed E-state index contributed by atoms with van der Waals surface area (Å²) < 4.78 is 10.4. The topological polar surface area (TPSA) is 21.7 Å². The summed E-state index contributed by atoms with van der Waals surface area (Å²) in [6, 6.07) is 4.49. The molecule has 0 aliphatic carbocycles. The molecule has 0 N–H and O–H groups in total. The lowest BCUT2D eigenvalue weighted by molar-refractivity contribution is 0.190. The number of hydrogen-bond acceptors (Lipinski definition) is 3. The number of methoxy groups -OCH3 is 2. The fraction of sp³-hybridized carbons (Fsp3) is 0.600. The van der Waals surface area contributed by atoms with Crippen LogP contribution >= 0.6 is 0 Å². The van der Waals surface area contributed by atoms with Gasteiger partial charge in [-0.05, 0) is 49.6 Å². The van der Waals surface area contributed by atoms with E-state index in [1.54, 1.807) is 14.2 Å². The Balaban J connectivity index is 2.89. The largest absolute Gasteiger partial charge is 0.383 e. The Morgan fingerprint density at radius 1 is 0.889 bits per heavy atom. The smallest absolute Gasteiger partial charge is 0.0637 e. The Kier molecular flexibility index (Phi) is 6.16. The lowest BCUT2D eigenvalue weighted by Crippen LogP contribution is -2.30. The molecule has 0 aromatic heterocycles. The molecule has 3 nitrogen and oxygen atoms in total. The molecule has 0 atom stereocenters. The lowest BCUT2D eigenvalue weighted by atomic mass is 10.0. The maximum Gasteiger partial charge on any atom is 0.0637 e. The van der Waals surface area contributed by atoms with Crippen LogP contribution in [0.15, 0.2) is 12.1 Å². The molecule has 102 valence electrons. The quantitative estimate of drug-likeness (QED) is 0.743. The third-order valence-corrected chi connectivity index (χ3v) is 3.41. The van der Waals surface area contributed by atoms with Gasteiger partial charge in [-0.1, -0.05) is 0 Å². The molecule has 0 heterocycles. The van der Waals surface area contributed by atoms with Crippen LogP contribution in [0, 0.1) is 20.8 Å². The van der Waals surface area contributed by atoms with Gasteiger partial charge in [-0.3, -0.25) is 0 Å². The molecule has 1 aromatic rings. The molecule has 1 aromatic carbocycles. The molecule has 18 heavy (non-hydrogen) atoms. The summed E-state index contributed by atoms with van der Waals surface area (Å²) in [5, 5.41) is 0. The van der Waals surface area contributed by atoms with E-state index >= 15 is 0 Å². The second-order valence-corrected chi connectivity index (χ2v) is 4.68. The van der Waals surface area contributed by atoms with Crippen molar-refractivity contribution >= 4 is 5.69 Å². The first kappa shape index (κ1) is 15.0. The highest BCUT2D eigenvalue weighted by Gasteiger charge is 2.09. The molecule has 0 unspecified atom stereocenters. The summed E-state index contributed by atoms with van der Waals surface area (Å²) in [6.07, 6.45) is 0. The SMILES string of the molecule is COCCN(CCOC)c1cc(C)c(C)c(C)c1. The van der Waals surface area contributed by atoms with E-state index in [0.29, 0.717) is 0 Å². The van der Waals surface area contributed by atoms with E-state index in [1.165, 1.54) is 22.4 Å². The minimum absolute atomic E-state index is 0.732. The maximum absolute atomic E-state index is 5.18. The average molecular weight is 251 g/mol. The van der Waals surface area contributed by atoms with Gasteiger partial charge in [0.1, 0.15) is 0 Å². The highest BCUT2D eigenvalue weighted by atomic mass is 16.5. The monoisotopic (exact) mass is 251 g/mol. The molecule has 1 rings (SSSR count). The first-order valence-electron chi connectivity index (χ1n) is 6.40. The van der Waals surface area contributed by atoms with E-state index < -0.39 is 0 Å². The van der Waals surface area contributed by atoms with Crippen molar-refractivity contribution in [2.75, 3.05) is 45.4 Å². The summed E-state index contributed by atoms with van der Waals surface area (Å²) in [5.74, 6) is 0. The average Bonchev–Trinajstić information content (AvgIpc) is 2.35. The summed E-state index contributed by atoms with van der Waals surface area (Å²) in [4.78, 5) is 2.31. The number of benzene rings is 1. The predicted octanol–water partition coefficient (Wildman–Crippen LogP) is 2.71. The molecular weight excluding hydrogens is 226 g/mol. The van der Waals surface area contributed by atoms with Crippen LogP contribution in [0.1, 0.15) is 16.7 Å². The van der Waals surface area contributed by atoms with Crippen LogP contribution in [-0.2, 0) is 9.47 Å². The first-order chi connectivity index (χ1) is 8.60. The molecule has 0 saturated carbocycles. The second-order valence-electron chi connectivity index (χ2n) is 4.68. The lowest BCUT2D eigenvalue weighted by Gasteiger charge is -2.25. The first-order valence-corrected chi connectivity index (χ1v) is 6.40. The fourth-order valence-corrected chi connectivity index (χ4v) is 1.97. The minimum atomic E-state index is 0.732. The Morgan fingerprint density at radius 2 is 1.33 bits per heavy atom. The Hall–Kier alpha value is -1.06. The van der Waals surface area contributed by atoms with Crippen LogP contribution < -0.4 is 4.90 Å². The van der Waals surface area contributed by atoms with E-state index in [1.807, 2.05) is 0 Å². The number of rotatable bonds is 7. The number of aryl methyl sites for hydroxylation is 2. The van der Waals surface area contributed by atoms with Crippen molar-refractivity contribution in [3.8, 4) is 0 Å². The Bertz CT molecular complexity index is 346. The summed E-state index contributed by atoms with van der Waals surface area (Å²) in [7, 11) is 3.47. The summed E-state index contributed by atoms with van der Waals surface area (Å²) in [5.41, 5.74) is 5.30. The highest BCUT2D eigenvalue weighted by molar-refractivity contribution is 5.53. The van der Waals surface area contributed by atoms with Gasteiger partial charge < -0.3 is 14.4 Å². The van der Waals surface area contributed by atoms with Crippen molar-refractivity contribution in [1.29, 1.82) is 0 Å². The zero-order chi connectivity index (χ0) is 13.5. The summed E-state index contributed by atoms with van der Waals surface area (Å²) in [6.45, 7) is 9.74. The van der Waals surface area contributed by atoms with Crippen LogP contribution in [0.25, 0.3) is 0 Å². The number of nitrogens with zero attached hydrogens (tertiary/aromatic N) is 1. The molecule has 0 saturated heterocycles. The van der Waals surface area contributed by atoms with E-state index in [4.69, 9.17) is 9.47 Å². The zero-order valence-electron chi connectivity index (χ0n) is 12.2. The van der Waals surface area contributed by atoms with Crippen LogP contribution in [-0.4, -0.2) is 40.5 Å². The summed E-state index contributed by atoms with van der Waals surface area (Å²) >= 11 is 0. The molecule has 0 spiro atoms. The van der Waals surface area contributed by atoms with Crippen LogP contribution in [0.5, 0.6) is 0 Å². The maximum atomic E-state index is 5.18. The van der Waals surface area contributed by atoms with E-state index in [9.17, 15) is 0 Å². The van der Waals surface area contributed by atoms with Crippen molar-refractivity contribution in [3.05, 3.63) is 28.8 Å². The molecule has 0 fully saturated rings. The third kappa shape index (κ3) is 4.00. The molecular formula is C15H25NO2. The van der Waals surface area contributed by atoms with Gasteiger partial charge in [0.25, 0.3) is 0 Å². The predicted molar refractivity (Wildman–Crippen MR) is 76.6 cm³/mol. The molecule has 0 bridgehead atoms.